The van der Waals surface area contributed by atoms with Crippen LogP contribution in [0.3, 0.4) is 0 Å². The average molecular weight is 1040 g/mol. The highest BCUT2D eigenvalue weighted by molar-refractivity contribution is 5.69. The van der Waals surface area contributed by atoms with Gasteiger partial charge in [-0.15, -0.1) is 0 Å². The minimum Gasteiger partial charge on any atom is -0.462 e. The lowest BCUT2D eigenvalue weighted by Gasteiger charge is -2.18. The van der Waals surface area contributed by atoms with E-state index in [-0.39, 0.29) is 37.4 Å². The lowest BCUT2D eigenvalue weighted by atomic mass is 10.0. The standard InChI is InChI=1S/2C28H56N2O3.C5H11NO/c2*1-3-5-7-9-12-16-20-27(21-17-13-10-8-6-4-2)33-28(32)22-18-14-11-15-19-23-30-24-26(29)25-31;6-4-5-2-1-3-7-5/h2*24,27,30-31H,3-23,25,29H2,1-2H3;5H,1-4,6H2/b2*26-24-;. The van der Waals surface area contributed by atoms with Crippen molar-refractivity contribution >= 4 is 11.9 Å². The summed E-state index contributed by atoms with van der Waals surface area (Å²) in [5.74, 6) is 0.00602. The second kappa shape index (κ2) is 60.3. The van der Waals surface area contributed by atoms with E-state index >= 15 is 0 Å². The molecule has 1 heterocycles. The van der Waals surface area contributed by atoms with E-state index in [2.05, 4.69) is 38.3 Å². The van der Waals surface area contributed by atoms with E-state index < -0.39 is 0 Å². The minimum atomic E-state index is -0.109. The van der Waals surface area contributed by atoms with Gasteiger partial charge in [-0.3, -0.25) is 9.59 Å². The zero-order valence-corrected chi connectivity index (χ0v) is 48.5. The maximum absolute atomic E-state index is 12.4. The van der Waals surface area contributed by atoms with Crippen LogP contribution in [0.4, 0.5) is 0 Å². The monoisotopic (exact) mass is 1040 g/mol. The summed E-state index contributed by atoms with van der Waals surface area (Å²) in [4.78, 5) is 24.8. The molecule has 1 rings (SSSR count). The van der Waals surface area contributed by atoms with Gasteiger partial charge in [-0.25, -0.2) is 0 Å². The fourth-order valence-electron chi connectivity index (χ4n) is 9.00. The van der Waals surface area contributed by atoms with Crippen LogP contribution in [0, 0.1) is 0 Å². The van der Waals surface area contributed by atoms with Gasteiger partial charge in [-0.05, 0) is 89.9 Å². The number of carbonyl (C=O) groups is 2. The highest BCUT2D eigenvalue weighted by atomic mass is 16.5. The van der Waals surface area contributed by atoms with Crippen LogP contribution in [-0.4, -0.2) is 79.9 Å². The van der Waals surface area contributed by atoms with Crippen LogP contribution in [-0.2, 0) is 23.8 Å². The van der Waals surface area contributed by atoms with E-state index in [1.807, 2.05) is 0 Å². The van der Waals surface area contributed by atoms with Gasteiger partial charge in [0, 0.05) is 62.9 Å². The number of unbranched alkanes of at least 4 members (excludes halogenated alkanes) is 28. The molecule has 12 heteroatoms. The molecule has 1 atom stereocenters. The molecular formula is C61H123N5O7. The third-order valence-electron chi connectivity index (χ3n) is 13.7. The van der Waals surface area contributed by atoms with Gasteiger partial charge in [-0.2, -0.15) is 0 Å². The van der Waals surface area contributed by atoms with Gasteiger partial charge in [0.05, 0.1) is 19.3 Å². The number of aliphatic hydroxyl groups is 2. The van der Waals surface area contributed by atoms with Gasteiger partial charge < -0.3 is 52.3 Å². The van der Waals surface area contributed by atoms with Crippen molar-refractivity contribution in [2.24, 2.45) is 17.2 Å². The Hall–Kier alpha value is -2.54. The number of nitrogens with two attached hydrogens (primary N) is 3. The largest absolute Gasteiger partial charge is 0.462 e. The molecular weight excluding hydrogens is 915 g/mol. The molecule has 1 saturated heterocycles. The highest BCUT2D eigenvalue weighted by Crippen LogP contribution is 2.20. The van der Waals surface area contributed by atoms with E-state index in [1.165, 1.54) is 161 Å². The van der Waals surface area contributed by atoms with E-state index in [9.17, 15) is 9.59 Å². The van der Waals surface area contributed by atoms with Crippen molar-refractivity contribution in [3.8, 4) is 0 Å². The number of ether oxygens (including phenoxy) is 3. The Bertz CT molecular complexity index is 1090. The van der Waals surface area contributed by atoms with Crippen LogP contribution >= 0.6 is 0 Å². The predicted molar refractivity (Wildman–Crippen MR) is 310 cm³/mol. The van der Waals surface area contributed by atoms with Crippen molar-refractivity contribution in [1.29, 1.82) is 0 Å². The van der Waals surface area contributed by atoms with Crippen LogP contribution in [0.15, 0.2) is 23.8 Å². The third-order valence-corrected chi connectivity index (χ3v) is 13.7. The van der Waals surface area contributed by atoms with Crippen molar-refractivity contribution in [2.75, 3.05) is 39.5 Å². The first-order chi connectivity index (χ1) is 35.7. The molecule has 0 aromatic rings. The smallest absolute Gasteiger partial charge is 0.306 e. The zero-order valence-electron chi connectivity index (χ0n) is 48.5. The van der Waals surface area contributed by atoms with Gasteiger partial charge in [-0.1, -0.05) is 195 Å². The SMILES string of the molecule is CCCCCCCCC(CCCCCCCC)OC(=O)CCCCCCCN/C=C(\N)CO.CCCCCCCCC(CCCCCCCC)OC(=O)CCCCCCCN/C=C(\N)CO.NCC1CCCO1. The summed E-state index contributed by atoms with van der Waals surface area (Å²) in [6.07, 6.45) is 53.1. The number of esters is 2. The molecule has 0 bridgehead atoms. The zero-order chi connectivity index (χ0) is 53.9. The van der Waals surface area contributed by atoms with Gasteiger partial charge in [0.1, 0.15) is 12.2 Å². The maximum Gasteiger partial charge on any atom is 0.306 e. The molecule has 0 aromatic carbocycles. The number of hydrogen-bond acceptors (Lipinski definition) is 12. The third kappa shape index (κ3) is 57.0. The number of hydrogen-bond donors (Lipinski definition) is 7. The molecule has 0 aliphatic carbocycles. The molecule has 0 spiro atoms. The Balaban J connectivity index is 0. The van der Waals surface area contributed by atoms with Crippen LogP contribution in [0.25, 0.3) is 0 Å². The topological polar surface area (TPSA) is 204 Å². The summed E-state index contributed by atoms with van der Waals surface area (Å²) in [6, 6.07) is 0. The first kappa shape index (κ1) is 72.5. The molecule has 1 aliphatic rings. The summed E-state index contributed by atoms with van der Waals surface area (Å²) >= 11 is 0. The summed E-state index contributed by atoms with van der Waals surface area (Å²) in [6.45, 7) is 12.1. The van der Waals surface area contributed by atoms with E-state index in [1.54, 1.807) is 12.4 Å². The van der Waals surface area contributed by atoms with E-state index in [4.69, 9.17) is 41.6 Å². The van der Waals surface area contributed by atoms with E-state index in [0.29, 0.717) is 36.9 Å². The highest BCUT2D eigenvalue weighted by Gasteiger charge is 2.16. The Kier molecular flexibility index (Phi) is 59.9. The van der Waals surface area contributed by atoms with Crippen molar-refractivity contribution < 1.29 is 34.0 Å². The molecule has 0 saturated carbocycles. The molecule has 73 heavy (non-hydrogen) atoms. The summed E-state index contributed by atoms with van der Waals surface area (Å²) < 4.78 is 17.0. The van der Waals surface area contributed by atoms with Crippen LogP contribution in [0.1, 0.15) is 297 Å². The lowest BCUT2D eigenvalue weighted by Crippen LogP contribution is -2.18. The normalized spacial score (nSPS) is 13.7. The van der Waals surface area contributed by atoms with Crippen molar-refractivity contribution in [3.05, 3.63) is 23.8 Å². The fourth-order valence-corrected chi connectivity index (χ4v) is 9.00. The van der Waals surface area contributed by atoms with E-state index in [0.717, 1.165) is 116 Å². The molecule has 10 N–H and O–H groups in total. The molecule has 434 valence electrons. The molecule has 1 aliphatic heterocycles. The number of nitrogens with one attached hydrogen (secondary N) is 2. The van der Waals surface area contributed by atoms with Crippen molar-refractivity contribution in [3.63, 3.8) is 0 Å². The van der Waals surface area contributed by atoms with Crippen molar-refractivity contribution in [2.45, 2.75) is 316 Å². The fraction of sp³-hybridized carbons (Fsp3) is 0.902. The first-order valence-corrected chi connectivity index (χ1v) is 31.0. The quantitative estimate of drug-likeness (QED) is 0.0225. The lowest BCUT2D eigenvalue weighted by molar-refractivity contribution is -0.151. The molecule has 0 aromatic heterocycles. The average Bonchev–Trinajstić information content (AvgIpc) is 3.94. The molecule has 0 radical (unpaired) electrons. The van der Waals surface area contributed by atoms with Crippen LogP contribution < -0.4 is 27.8 Å². The maximum atomic E-state index is 12.4. The summed E-state index contributed by atoms with van der Waals surface area (Å²) in [7, 11) is 0. The summed E-state index contributed by atoms with van der Waals surface area (Å²) in [5.41, 5.74) is 17.3. The Morgan fingerprint density at radius 1 is 0.493 bits per heavy atom. The summed E-state index contributed by atoms with van der Waals surface area (Å²) in [5, 5.41) is 23.9. The Morgan fingerprint density at radius 2 is 0.795 bits per heavy atom. The van der Waals surface area contributed by atoms with Gasteiger partial charge >= 0.3 is 11.9 Å². The number of carbonyl (C=O) groups excluding carboxylic acids is 2. The van der Waals surface area contributed by atoms with Gasteiger partial charge in [0.25, 0.3) is 0 Å². The van der Waals surface area contributed by atoms with Crippen LogP contribution in [0.5, 0.6) is 0 Å². The number of rotatable bonds is 51. The minimum absolute atomic E-state index is 0.00301. The molecule has 0 amide bonds. The molecule has 1 unspecified atom stereocenters. The van der Waals surface area contributed by atoms with Crippen LogP contribution in [0.2, 0.25) is 0 Å². The predicted octanol–water partition coefficient (Wildman–Crippen LogP) is 14.4. The number of aliphatic hydroxyl groups excluding tert-OH is 2. The Labute approximate surface area is 451 Å². The molecule has 1 fully saturated rings. The second-order valence-corrected chi connectivity index (χ2v) is 21.0. The first-order valence-electron chi connectivity index (χ1n) is 31.0. The Morgan fingerprint density at radius 3 is 1.07 bits per heavy atom. The van der Waals surface area contributed by atoms with Gasteiger partial charge in [0.15, 0.2) is 0 Å². The van der Waals surface area contributed by atoms with Crippen molar-refractivity contribution in [1.82, 2.24) is 10.6 Å². The van der Waals surface area contributed by atoms with Gasteiger partial charge in [0.2, 0.25) is 0 Å². The molecule has 12 nitrogen and oxygen atoms in total. The second-order valence-electron chi connectivity index (χ2n) is 21.0.